The topological polar surface area (TPSA) is 41.5 Å². The quantitative estimate of drug-likeness (QED) is 0.668. The van der Waals surface area contributed by atoms with Crippen molar-refractivity contribution in [3.8, 4) is 0 Å². The Bertz CT molecular complexity index is 144. The van der Waals surface area contributed by atoms with Crippen molar-refractivity contribution in [3.63, 3.8) is 0 Å². The van der Waals surface area contributed by atoms with Gasteiger partial charge in [-0.25, -0.2) is 0 Å². The molecule has 0 heterocycles. The van der Waals surface area contributed by atoms with Gasteiger partial charge in [0.2, 0.25) is 0 Å². The lowest BCUT2D eigenvalue weighted by molar-refractivity contribution is 0.0448. The van der Waals surface area contributed by atoms with Crippen molar-refractivity contribution in [2.45, 2.75) is 44.9 Å². The van der Waals surface area contributed by atoms with Crippen molar-refractivity contribution >= 4 is 0 Å². The van der Waals surface area contributed by atoms with Gasteiger partial charge in [-0.15, -0.1) is 0 Å². The molecule has 1 fully saturated rings. The Hall–Kier alpha value is -0.120. The number of rotatable bonds is 5. The van der Waals surface area contributed by atoms with Crippen molar-refractivity contribution in [3.05, 3.63) is 0 Å². The lowest BCUT2D eigenvalue weighted by Crippen LogP contribution is -2.51. The van der Waals surface area contributed by atoms with E-state index < -0.39 is 0 Å². The van der Waals surface area contributed by atoms with E-state index in [0.717, 1.165) is 19.4 Å². The molecule has 3 nitrogen and oxygen atoms in total. The second kappa shape index (κ2) is 4.94. The Labute approximate surface area is 80.5 Å². The maximum atomic E-state index is 9.13. The molecule has 1 aliphatic carbocycles. The number of ether oxygens (including phenoxy) is 1. The minimum absolute atomic E-state index is 0.0761. The first-order valence-corrected chi connectivity index (χ1v) is 5.06. The van der Waals surface area contributed by atoms with Gasteiger partial charge in [-0.3, -0.25) is 0 Å². The van der Waals surface area contributed by atoms with Gasteiger partial charge in [0.15, 0.2) is 0 Å². The van der Waals surface area contributed by atoms with Crippen LogP contribution in [0.25, 0.3) is 0 Å². The van der Waals surface area contributed by atoms with Crippen molar-refractivity contribution in [2.75, 3.05) is 13.7 Å². The van der Waals surface area contributed by atoms with E-state index in [0.29, 0.717) is 18.0 Å². The maximum Gasteiger partial charge on any atom is 0.0618 e. The number of aliphatic hydroxyl groups excluding tert-OH is 1. The SMILES string of the molecule is COCC(NC1CC(O)C1)C(C)C. The second-order valence-corrected chi connectivity index (χ2v) is 4.29. The van der Waals surface area contributed by atoms with Crippen molar-refractivity contribution in [1.29, 1.82) is 0 Å². The summed E-state index contributed by atoms with van der Waals surface area (Å²) in [6.45, 7) is 5.13. The third-order valence-electron chi connectivity index (χ3n) is 2.71. The van der Waals surface area contributed by atoms with Crippen molar-refractivity contribution in [2.24, 2.45) is 5.92 Å². The smallest absolute Gasteiger partial charge is 0.0618 e. The van der Waals surface area contributed by atoms with E-state index in [9.17, 15) is 0 Å². The van der Waals surface area contributed by atoms with E-state index in [1.807, 2.05) is 0 Å². The summed E-state index contributed by atoms with van der Waals surface area (Å²) in [7, 11) is 1.73. The van der Waals surface area contributed by atoms with Crippen molar-refractivity contribution < 1.29 is 9.84 Å². The summed E-state index contributed by atoms with van der Waals surface area (Å²) in [5, 5.41) is 12.6. The summed E-state index contributed by atoms with van der Waals surface area (Å²) in [4.78, 5) is 0. The first-order chi connectivity index (χ1) is 6.13. The summed E-state index contributed by atoms with van der Waals surface area (Å²) < 4.78 is 5.14. The second-order valence-electron chi connectivity index (χ2n) is 4.29. The molecular weight excluding hydrogens is 166 g/mol. The van der Waals surface area contributed by atoms with E-state index in [1.165, 1.54) is 0 Å². The summed E-state index contributed by atoms with van der Waals surface area (Å²) in [6.07, 6.45) is 1.72. The van der Waals surface area contributed by atoms with E-state index in [-0.39, 0.29) is 6.10 Å². The van der Waals surface area contributed by atoms with Crippen LogP contribution in [0.1, 0.15) is 26.7 Å². The molecule has 0 bridgehead atoms. The molecule has 0 aromatic heterocycles. The predicted molar refractivity (Wildman–Crippen MR) is 52.7 cm³/mol. The number of aliphatic hydroxyl groups is 1. The normalized spacial score (nSPS) is 30.2. The first kappa shape index (κ1) is 11.0. The van der Waals surface area contributed by atoms with Gasteiger partial charge in [-0.1, -0.05) is 13.8 Å². The van der Waals surface area contributed by atoms with Crippen LogP contribution in [-0.2, 0) is 4.74 Å². The number of methoxy groups -OCH3 is 1. The molecule has 0 amide bonds. The van der Waals surface area contributed by atoms with Crippen LogP contribution >= 0.6 is 0 Å². The Balaban J connectivity index is 2.22. The van der Waals surface area contributed by atoms with E-state index in [1.54, 1.807) is 7.11 Å². The highest BCUT2D eigenvalue weighted by molar-refractivity contribution is 4.87. The van der Waals surface area contributed by atoms with Crippen LogP contribution in [0, 0.1) is 5.92 Å². The molecule has 0 aromatic rings. The Morgan fingerprint density at radius 3 is 2.46 bits per heavy atom. The predicted octanol–water partition coefficient (Wildman–Crippen LogP) is 0.770. The monoisotopic (exact) mass is 187 g/mol. The van der Waals surface area contributed by atoms with Gasteiger partial charge >= 0.3 is 0 Å². The Kier molecular flexibility index (Phi) is 4.16. The number of hydrogen-bond acceptors (Lipinski definition) is 3. The summed E-state index contributed by atoms with van der Waals surface area (Å²) in [5.74, 6) is 0.581. The van der Waals surface area contributed by atoms with Crippen LogP contribution in [-0.4, -0.2) is 37.0 Å². The van der Waals surface area contributed by atoms with Gasteiger partial charge in [0.05, 0.1) is 12.7 Å². The molecule has 1 rings (SSSR count). The van der Waals surface area contributed by atoms with Crippen LogP contribution < -0.4 is 5.32 Å². The molecule has 78 valence electrons. The first-order valence-electron chi connectivity index (χ1n) is 5.06. The molecule has 3 heteroatoms. The van der Waals surface area contributed by atoms with Gasteiger partial charge in [0.1, 0.15) is 0 Å². The van der Waals surface area contributed by atoms with Crippen LogP contribution in [0.3, 0.4) is 0 Å². The van der Waals surface area contributed by atoms with Crippen LogP contribution in [0.15, 0.2) is 0 Å². The third kappa shape index (κ3) is 3.25. The minimum Gasteiger partial charge on any atom is -0.393 e. The third-order valence-corrected chi connectivity index (χ3v) is 2.71. The summed E-state index contributed by atoms with van der Waals surface area (Å²) >= 11 is 0. The fourth-order valence-corrected chi connectivity index (χ4v) is 1.64. The molecule has 1 saturated carbocycles. The molecule has 1 unspecified atom stereocenters. The van der Waals surface area contributed by atoms with Crippen LogP contribution in [0.5, 0.6) is 0 Å². The number of nitrogens with one attached hydrogen (secondary N) is 1. The van der Waals surface area contributed by atoms with Crippen molar-refractivity contribution in [1.82, 2.24) is 5.32 Å². The molecule has 0 aliphatic heterocycles. The Morgan fingerprint density at radius 1 is 1.46 bits per heavy atom. The minimum atomic E-state index is -0.0761. The highest BCUT2D eigenvalue weighted by atomic mass is 16.5. The zero-order chi connectivity index (χ0) is 9.84. The number of hydrogen-bond donors (Lipinski definition) is 2. The molecular formula is C10H21NO2. The van der Waals surface area contributed by atoms with Crippen LogP contribution in [0.2, 0.25) is 0 Å². The van der Waals surface area contributed by atoms with Gasteiger partial charge in [0, 0.05) is 19.2 Å². The standard InChI is InChI=1S/C10H21NO2/c1-7(2)10(6-13-3)11-8-4-9(12)5-8/h7-12H,4-6H2,1-3H3. The average Bonchev–Trinajstić information content (AvgIpc) is 2.00. The molecule has 0 saturated heterocycles. The van der Waals surface area contributed by atoms with E-state index in [4.69, 9.17) is 9.84 Å². The van der Waals surface area contributed by atoms with Gasteiger partial charge in [0.25, 0.3) is 0 Å². The fraction of sp³-hybridized carbons (Fsp3) is 1.00. The van der Waals surface area contributed by atoms with E-state index in [2.05, 4.69) is 19.2 Å². The largest absolute Gasteiger partial charge is 0.393 e. The molecule has 0 spiro atoms. The summed E-state index contributed by atoms with van der Waals surface area (Å²) in [5.41, 5.74) is 0. The molecule has 13 heavy (non-hydrogen) atoms. The highest BCUT2D eigenvalue weighted by Gasteiger charge is 2.29. The maximum absolute atomic E-state index is 9.13. The lowest BCUT2D eigenvalue weighted by Gasteiger charge is -2.36. The molecule has 1 aliphatic rings. The average molecular weight is 187 g/mol. The fourth-order valence-electron chi connectivity index (χ4n) is 1.64. The molecule has 1 atom stereocenters. The summed E-state index contributed by atoms with van der Waals surface area (Å²) in [6, 6.07) is 0.917. The van der Waals surface area contributed by atoms with Gasteiger partial charge in [-0.2, -0.15) is 0 Å². The zero-order valence-corrected chi connectivity index (χ0v) is 8.79. The van der Waals surface area contributed by atoms with Gasteiger partial charge in [-0.05, 0) is 18.8 Å². The molecule has 0 radical (unpaired) electrons. The molecule has 0 aromatic carbocycles. The lowest BCUT2D eigenvalue weighted by atomic mass is 9.88. The highest BCUT2D eigenvalue weighted by Crippen LogP contribution is 2.20. The van der Waals surface area contributed by atoms with Gasteiger partial charge < -0.3 is 15.2 Å². The zero-order valence-electron chi connectivity index (χ0n) is 8.79. The Morgan fingerprint density at radius 2 is 2.08 bits per heavy atom. The molecule has 2 N–H and O–H groups in total. The van der Waals surface area contributed by atoms with E-state index >= 15 is 0 Å². The van der Waals surface area contributed by atoms with Crippen LogP contribution in [0.4, 0.5) is 0 Å².